The summed E-state index contributed by atoms with van der Waals surface area (Å²) in [5.41, 5.74) is 0.281. The maximum absolute atomic E-state index is 12.8. The lowest BCUT2D eigenvalue weighted by Gasteiger charge is -2.20. The lowest BCUT2D eigenvalue weighted by Crippen LogP contribution is -2.40. The van der Waals surface area contributed by atoms with E-state index in [0.717, 1.165) is 5.56 Å². The summed E-state index contributed by atoms with van der Waals surface area (Å²) in [4.78, 5) is 12.8. The molecule has 28 heavy (non-hydrogen) atoms. The largest absolute Gasteiger partial charge is 0.489 e. The molecule has 0 spiro atoms. The first-order valence-electron chi connectivity index (χ1n) is 9.26. The van der Waals surface area contributed by atoms with E-state index >= 15 is 0 Å². The summed E-state index contributed by atoms with van der Waals surface area (Å²) in [6, 6.07) is 15.8. The van der Waals surface area contributed by atoms with Crippen LogP contribution in [0.15, 0.2) is 72.1 Å². The summed E-state index contributed by atoms with van der Waals surface area (Å²) in [5, 5.41) is 0. The van der Waals surface area contributed by atoms with Crippen molar-refractivity contribution < 1.29 is 17.9 Å². The number of carbonyl (C=O) groups is 1. The van der Waals surface area contributed by atoms with Crippen LogP contribution in [0, 0.1) is 17.3 Å². The first-order valence-corrected chi connectivity index (χ1v) is 10.7. The van der Waals surface area contributed by atoms with Crippen molar-refractivity contribution in [2.75, 3.05) is 0 Å². The summed E-state index contributed by atoms with van der Waals surface area (Å²) in [6.45, 7) is 7.92. The van der Waals surface area contributed by atoms with Gasteiger partial charge in [-0.05, 0) is 36.0 Å². The maximum Gasteiger partial charge on any atom is 0.264 e. The molecule has 148 valence electrons. The molecule has 1 fully saturated rings. The Morgan fingerprint density at radius 3 is 2.57 bits per heavy atom. The second kappa shape index (κ2) is 7.80. The highest BCUT2D eigenvalue weighted by Crippen LogP contribution is 2.58. The van der Waals surface area contributed by atoms with Crippen LogP contribution in [0.3, 0.4) is 0 Å². The lowest BCUT2D eigenvalue weighted by atomic mass is 9.89. The number of rotatable bonds is 8. The number of carbonyl (C=O) groups excluding carboxylic acids is 1. The van der Waals surface area contributed by atoms with Gasteiger partial charge in [0, 0.05) is 6.07 Å². The molecular formula is C22H25NO4S. The molecule has 1 N–H and O–H groups in total. The van der Waals surface area contributed by atoms with Crippen molar-refractivity contribution in [3.05, 3.63) is 72.8 Å². The van der Waals surface area contributed by atoms with E-state index in [2.05, 4.69) is 11.3 Å². The molecule has 2 aromatic rings. The van der Waals surface area contributed by atoms with E-state index in [1.807, 2.05) is 44.2 Å². The normalized spacial score (nSPS) is 21.2. The number of amides is 1. The maximum atomic E-state index is 12.8. The molecule has 1 saturated carbocycles. The molecule has 0 heterocycles. The monoisotopic (exact) mass is 399 g/mol. The van der Waals surface area contributed by atoms with E-state index in [4.69, 9.17) is 4.74 Å². The molecular weight excluding hydrogens is 374 g/mol. The Hall–Kier alpha value is -2.60. The second-order valence-electron chi connectivity index (χ2n) is 7.43. The Labute approximate surface area is 166 Å². The smallest absolute Gasteiger partial charge is 0.264 e. The van der Waals surface area contributed by atoms with Crippen LogP contribution in [0.5, 0.6) is 5.75 Å². The van der Waals surface area contributed by atoms with Crippen molar-refractivity contribution in [2.45, 2.75) is 31.8 Å². The third-order valence-corrected chi connectivity index (χ3v) is 6.72. The fourth-order valence-electron chi connectivity index (χ4n) is 3.53. The number of nitrogens with one attached hydrogen (secondary N) is 1. The molecule has 2 aromatic carbocycles. The quantitative estimate of drug-likeness (QED) is 0.683. The number of sulfonamides is 1. The SMILES string of the molecule is C=C[C@@H]1C[C@@]1(C(=O)NS(=O)(=O)c1cccc(OCc2ccccc2)c1)C(C)C. The van der Waals surface area contributed by atoms with Crippen molar-refractivity contribution in [3.8, 4) is 5.75 Å². The molecule has 6 heteroatoms. The van der Waals surface area contributed by atoms with Crippen LogP contribution < -0.4 is 9.46 Å². The predicted octanol–water partition coefficient (Wildman–Crippen LogP) is 3.92. The van der Waals surface area contributed by atoms with Crippen LogP contribution in [-0.4, -0.2) is 14.3 Å². The Morgan fingerprint density at radius 1 is 1.25 bits per heavy atom. The van der Waals surface area contributed by atoms with E-state index in [1.54, 1.807) is 18.2 Å². The molecule has 0 aliphatic heterocycles. The van der Waals surface area contributed by atoms with E-state index in [9.17, 15) is 13.2 Å². The van der Waals surface area contributed by atoms with Gasteiger partial charge in [0.15, 0.2) is 0 Å². The molecule has 0 saturated heterocycles. The molecule has 2 atom stereocenters. The average Bonchev–Trinajstić information content (AvgIpc) is 3.43. The van der Waals surface area contributed by atoms with Crippen molar-refractivity contribution >= 4 is 15.9 Å². The highest BCUT2D eigenvalue weighted by atomic mass is 32.2. The van der Waals surface area contributed by atoms with Crippen molar-refractivity contribution in [3.63, 3.8) is 0 Å². The van der Waals surface area contributed by atoms with Crippen molar-refractivity contribution in [2.24, 2.45) is 17.3 Å². The molecule has 1 amide bonds. The Balaban J connectivity index is 1.73. The van der Waals surface area contributed by atoms with Crippen molar-refractivity contribution in [1.29, 1.82) is 0 Å². The third kappa shape index (κ3) is 3.97. The number of hydrogen-bond donors (Lipinski definition) is 1. The summed E-state index contributed by atoms with van der Waals surface area (Å²) in [7, 11) is -3.99. The zero-order chi connectivity index (χ0) is 20.4. The van der Waals surface area contributed by atoms with Gasteiger partial charge < -0.3 is 4.74 Å². The fourth-order valence-corrected chi connectivity index (χ4v) is 4.61. The van der Waals surface area contributed by atoms with E-state index in [-0.39, 0.29) is 16.7 Å². The van der Waals surface area contributed by atoms with Crippen LogP contribution >= 0.6 is 0 Å². The Morgan fingerprint density at radius 2 is 1.96 bits per heavy atom. The zero-order valence-corrected chi connectivity index (χ0v) is 16.9. The highest BCUT2D eigenvalue weighted by molar-refractivity contribution is 7.90. The van der Waals surface area contributed by atoms with Gasteiger partial charge in [-0.25, -0.2) is 13.1 Å². The number of hydrogen-bond acceptors (Lipinski definition) is 4. The van der Waals surface area contributed by atoms with Gasteiger partial charge in [-0.2, -0.15) is 0 Å². The predicted molar refractivity (Wildman–Crippen MR) is 108 cm³/mol. The summed E-state index contributed by atoms with van der Waals surface area (Å²) in [6.07, 6.45) is 2.35. The van der Waals surface area contributed by atoms with E-state index in [1.165, 1.54) is 12.1 Å². The molecule has 3 rings (SSSR count). The first kappa shape index (κ1) is 20.1. The lowest BCUT2D eigenvalue weighted by molar-refractivity contribution is -0.126. The van der Waals surface area contributed by atoms with Gasteiger partial charge in [0.05, 0.1) is 10.3 Å². The van der Waals surface area contributed by atoms with Gasteiger partial charge in [0.25, 0.3) is 10.0 Å². The first-order chi connectivity index (χ1) is 13.3. The molecule has 1 aliphatic carbocycles. The Bertz CT molecular complexity index is 969. The molecule has 5 nitrogen and oxygen atoms in total. The highest BCUT2D eigenvalue weighted by Gasteiger charge is 2.60. The van der Waals surface area contributed by atoms with Gasteiger partial charge in [-0.3, -0.25) is 4.79 Å². The summed E-state index contributed by atoms with van der Waals surface area (Å²) < 4.78 is 33.4. The van der Waals surface area contributed by atoms with Gasteiger partial charge >= 0.3 is 0 Å². The topological polar surface area (TPSA) is 72.5 Å². The molecule has 0 aromatic heterocycles. The minimum Gasteiger partial charge on any atom is -0.489 e. The standard InChI is InChI=1S/C22H25NO4S/c1-4-18-14-22(18,16(2)3)21(24)23-28(25,26)20-12-8-11-19(13-20)27-15-17-9-6-5-7-10-17/h4-13,16,18H,1,14-15H2,2-3H3,(H,23,24)/t18-,22-/m1/s1. The van der Waals surface area contributed by atoms with Gasteiger partial charge in [-0.15, -0.1) is 6.58 Å². The molecule has 1 aliphatic rings. The third-order valence-electron chi connectivity index (χ3n) is 5.39. The van der Waals surface area contributed by atoms with Crippen LogP contribution in [0.4, 0.5) is 0 Å². The zero-order valence-electron chi connectivity index (χ0n) is 16.1. The Kier molecular flexibility index (Phi) is 5.61. The van der Waals surface area contributed by atoms with Crippen LogP contribution in [0.2, 0.25) is 0 Å². The second-order valence-corrected chi connectivity index (χ2v) is 9.11. The minimum atomic E-state index is -3.99. The fraction of sp³-hybridized carbons (Fsp3) is 0.318. The summed E-state index contributed by atoms with van der Waals surface area (Å²) in [5.74, 6) is -0.0226. The van der Waals surface area contributed by atoms with Crippen molar-refractivity contribution in [1.82, 2.24) is 4.72 Å². The van der Waals surface area contributed by atoms with Crippen LogP contribution in [0.1, 0.15) is 25.8 Å². The molecule has 0 bridgehead atoms. The van der Waals surface area contributed by atoms with Gasteiger partial charge in [-0.1, -0.05) is 56.3 Å². The average molecular weight is 400 g/mol. The number of benzene rings is 2. The van der Waals surface area contributed by atoms with E-state index < -0.39 is 21.3 Å². The molecule has 0 radical (unpaired) electrons. The van der Waals surface area contributed by atoms with Gasteiger partial charge in [0.1, 0.15) is 12.4 Å². The minimum absolute atomic E-state index is 0.00104. The van der Waals surface area contributed by atoms with Crippen LogP contribution in [0.25, 0.3) is 0 Å². The number of ether oxygens (including phenoxy) is 1. The molecule has 0 unspecified atom stereocenters. The van der Waals surface area contributed by atoms with Gasteiger partial charge in [0.2, 0.25) is 5.91 Å². The number of allylic oxidation sites excluding steroid dienone is 1. The summed E-state index contributed by atoms with van der Waals surface area (Å²) >= 11 is 0. The van der Waals surface area contributed by atoms with E-state index in [0.29, 0.717) is 18.8 Å². The van der Waals surface area contributed by atoms with Crippen LogP contribution in [-0.2, 0) is 21.4 Å².